The summed E-state index contributed by atoms with van der Waals surface area (Å²) in [6.45, 7) is 2.56. The second-order valence-corrected chi connectivity index (χ2v) is 3.24. The molecule has 0 aliphatic carbocycles. The summed E-state index contributed by atoms with van der Waals surface area (Å²) < 4.78 is 22.4. The minimum atomic E-state index is -1.93. The first-order chi connectivity index (χ1) is 6.43. The minimum absolute atomic E-state index is 0.710. The van der Waals surface area contributed by atoms with Gasteiger partial charge in [-0.2, -0.15) is 0 Å². The number of carbonyl (C=O) groups excluding carboxylic acids is 1. The van der Waals surface area contributed by atoms with Crippen LogP contribution in [0.4, 0.5) is 4.39 Å². The molecular weight excluding hydrogens is 195 g/mol. The van der Waals surface area contributed by atoms with Crippen LogP contribution in [0.2, 0.25) is 0 Å². The second kappa shape index (κ2) is 4.20. The zero-order chi connectivity index (χ0) is 10.9. The topological polar surface area (TPSA) is 76.0 Å². The van der Waals surface area contributed by atoms with Crippen LogP contribution in [0, 0.1) is 0 Å². The molecule has 1 heterocycles. The van der Waals surface area contributed by atoms with E-state index in [0.29, 0.717) is 0 Å². The van der Waals surface area contributed by atoms with Gasteiger partial charge in [0.2, 0.25) is 0 Å². The average Bonchev–Trinajstić information content (AvgIpc) is 2.09. The molecule has 1 fully saturated rings. The van der Waals surface area contributed by atoms with Crippen molar-refractivity contribution >= 4 is 5.97 Å². The van der Waals surface area contributed by atoms with Crippen LogP contribution in [-0.4, -0.2) is 47.0 Å². The molecular formula is C8H13FO5. The van der Waals surface area contributed by atoms with E-state index in [0.717, 1.165) is 6.92 Å². The first-order valence-electron chi connectivity index (χ1n) is 4.26. The molecule has 0 unspecified atom stereocenters. The maximum absolute atomic E-state index is 13.2. The monoisotopic (exact) mass is 208 g/mol. The number of aliphatic hydroxyl groups is 2. The van der Waals surface area contributed by atoms with Gasteiger partial charge in [-0.25, -0.2) is 4.39 Å². The summed E-state index contributed by atoms with van der Waals surface area (Å²) >= 11 is 0. The number of ether oxygens (including phenoxy) is 2. The molecule has 5 nitrogen and oxygen atoms in total. The quantitative estimate of drug-likeness (QED) is 0.560. The Balaban J connectivity index is 2.71. The van der Waals surface area contributed by atoms with E-state index >= 15 is 0 Å². The minimum Gasteiger partial charge on any atom is -0.456 e. The first kappa shape index (κ1) is 11.4. The molecule has 0 amide bonds. The molecule has 1 aliphatic heterocycles. The molecule has 1 rings (SSSR count). The molecule has 0 aromatic rings. The SMILES string of the molecule is CC(=O)O[C@@H]1[C@H](O)[C@H](C)O[C@@H](O)[C@@H]1F. The van der Waals surface area contributed by atoms with Gasteiger partial charge >= 0.3 is 5.97 Å². The number of alkyl halides is 1. The lowest BCUT2D eigenvalue weighted by atomic mass is 10.0. The fraction of sp³-hybridized carbons (Fsp3) is 0.875. The second-order valence-electron chi connectivity index (χ2n) is 3.24. The number of esters is 1. The Kier molecular flexibility index (Phi) is 3.41. The molecule has 14 heavy (non-hydrogen) atoms. The number of rotatable bonds is 1. The molecule has 0 aromatic heterocycles. The molecule has 1 aliphatic rings. The highest BCUT2D eigenvalue weighted by molar-refractivity contribution is 5.66. The highest BCUT2D eigenvalue weighted by atomic mass is 19.1. The predicted octanol–water partition coefficient (Wildman–Crippen LogP) is -0.646. The van der Waals surface area contributed by atoms with Crippen LogP contribution in [-0.2, 0) is 14.3 Å². The number of aliphatic hydroxyl groups excluding tert-OH is 2. The largest absolute Gasteiger partial charge is 0.456 e. The van der Waals surface area contributed by atoms with Crippen LogP contribution in [0.25, 0.3) is 0 Å². The summed E-state index contributed by atoms with van der Waals surface area (Å²) in [5.74, 6) is -0.710. The Bertz CT molecular complexity index is 208. The Morgan fingerprint density at radius 1 is 1.50 bits per heavy atom. The van der Waals surface area contributed by atoms with E-state index in [1.807, 2.05) is 0 Å². The summed E-state index contributed by atoms with van der Waals surface area (Å²) in [4.78, 5) is 10.6. The molecule has 1 saturated heterocycles. The van der Waals surface area contributed by atoms with E-state index in [2.05, 4.69) is 9.47 Å². The van der Waals surface area contributed by atoms with Crippen molar-refractivity contribution in [1.29, 1.82) is 0 Å². The maximum Gasteiger partial charge on any atom is 0.303 e. The standard InChI is InChI=1S/C8H13FO5/c1-3-6(11)7(14-4(2)10)5(9)8(12)13-3/h3,5-8,11-12H,1-2H3/t3-,5+,6+,7-,8+/m0/s1. The van der Waals surface area contributed by atoms with Crippen molar-refractivity contribution in [2.24, 2.45) is 0 Å². The van der Waals surface area contributed by atoms with Gasteiger partial charge in [-0.3, -0.25) is 4.79 Å². The molecule has 0 radical (unpaired) electrons. The van der Waals surface area contributed by atoms with Crippen LogP contribution in [0.3, 0.4) is 0 Å². The maximum atomic E-state index is 13.2. The molecule has 82 valence electrons. The van der Waals surface area contributed by atoms with Crippen molar-refractivity contribution in [3.05, 3.63) is 0 Å². The van der Waals surface area contributed by atoms with Crippen LogP contribution in [0.5, 0.6) is 0 Å². The van der Waals surface area contributed by atoms with Gasteiger partial charge in [0, 0.05) is 6.92 Å². The zero-order valence-electron chi connectivity index (χ0n) is 7.88. The van der Waals surface area contributed by atoms with Crippen molar-refractivity contribution in [3.63, 3.8) is 0 Å². The molecule has 5 atom stereocenters. The van der Waals surface area contributed by atoms with Gasteiger partial charge in [-0.1, -0.05) is 0 Å². The van der Waals surface area contributed by atoms with Gasteiger partial charge in [0.25, 0.3) is 0 Å². The molecule has 0 spiro atoms. The van der Waals surface area contributed by atoms with Crippen LogP contribution < -0.4 is 0 Å². The summed E-state index contributed by atoms with van der Waals surface area (Å²) in [7, 11) is 0. The third-order valence-electron chi connectivity index (χ3n) is 2.06. The average molecular weight is 208 g/mol. The first-order valence-corrected chi connectivity index (χ1v) is 4.26. The van der Waals surface area contributed by atoms with Crippen molar-refractivity contribution in [2.75, 3.05) is 0 Å². The summed E-state index contributed by atoms with van der Waals surface area (Å²) in [6.07, 6.45) is -7.01. The van der Waals surface area contributed by atoms with E-state index < -0.39 is 36.7 Å². The molecule has 0 bridgehead atoms. The Morgan fingerprint density at radius 3 is 2.57 bits per heavy atom. The van der Waals surface area contributed by atoms with Crippen LogP contribution in [0.1, 0.15) is 13.8 Å². The molecule has 0 aromatic carbocycles. The van der Waals surface area contributed by atoms with Crippen LogP contribution in [0.15, 0.2) is 0 Å². The Hall–Kier alpha value is -0.720. The number of carbonyl (C=O) groups is 1. The van der Waals surface area contributed by atoms with Crippen molar-refractivity contribution in [2.45, 2.75) is 44.6 Å². The predicted molar refractivity (Wildman–Crippen MR) is 43.0 cm³/mol. The molecule has 0 saturated carbocycles. The fourth-order valence-corrected chi connectivity index (χ4v) is 1.32. The highest BCUT2D eigenvalue weighted by Gasteiger charge is 2.45. The van der Waals surface area contributed by atoms with E-state index in [1.54, 1.807) is 0 Å². The van der Waals surface area contributed by atoms with Crippen molar-refractivity contribution in [3.8, 4) is 0 Å². The lowest BCUT2D eigenvalue weighted by Crippen LogP contribution is -2.56. The third-order valence-corrected chi connectivity index (χ3v) is 2.06. The smallest absolute Gasteiger partial charge is 0.303 e. The summed E-state index contributed by atoms with van der Waals surface area (Å²) in [5, 5.41) is 18.5. The van der Waals surface area contributed by atoms with Gasteiger partial charge in [0.15, 0.2) is 18.6 Å². The summed E-state index contributed by atoms with van der Waals surface area (Å²) in [5.41, 5.74) is 0. The van der Waals surface area contributed by atoms with Gasteiger partial charge < -0.3 is 19.7 Å². The number of halogens is 1. The van der Waals surface area contributed by atoms with Gasteiger partial charge in [-0.05, 0) is 6.92 Å². The highest BCUT2D eigenvalue weighted by Crippen LogP contribution is 2.24. The normalized spacial score (nSPS) is 43.4. The summed E-state index contributed by atoms with van der Waals surface area (Å²) in [6, 6.07) is 0. The van der Waals surface area contributed by atoms with Crippen molar-refractivity contribution in [1.82, 2.24) is 0 Å². The van der Waals surface area contributed by atoms with E-state index in [1.165, 1.54) is 6.92 Å². The van der Waals surface area contributed by atoms with E-state index in [4.69, 9.17) is 5.11 Å². The fourth-order valence-electron chi connectivity index (χ4n) is 1.32. The lowest BCUT2D eigenvalue weighted by Gasteiger charge is -2.37. The Morgan fingerprint density at radius 2 is 2.07 bits per heavy atom. The molecule has 2 N–H and O–H groups in total. The van der Waals surface area contributed by atoms with Crippen LogP contribution >= 0.6 is 0 Å². The van der Waals surface area contributed by atoms with Gasteiger partial charge in [-0.15, -0.1) is 0 Å². The van der Waals surface area contributed by atoms with Gasteiger partial charge in [0.1, 0.15) is 6.10 Å². The zero-order valence-corrected chi connectivity index (χ0v) is 7.88. The number of hydrogen-bond donors (Lipinski definition) is 2. The lowest BCUT2D eigenvalue weighted by molar-refractivity contribution is -0.265. The van der Waals surface area contributed by atoms with Crippen molar-refractivity contribution < 1.29 is 28.9 Å². The van der Waals surface area contributed by atoms with Gasteiger partial charge in [0.05, 0.1) is 6.10 Å². The third kappa shape index (κ3) is 2.20. The Labute approximate surface area is 80.4 Å². The number of hydrogen-bond acceptors (Lipinski definition) is 5. The molecule has 6 heteroatoms. The van der Waals surface area contributed by atoms with E-state index in [-0.39, 0.29) is 0 Å². The van der Waals surface area contributed by atoms with E-state index in [9.17, 15) is 14.3 Å².